The molecule has 0 unspecified atom stereocenters. The summed E-state index contributed by atoms with van der Waals surface area (Å²) in [4.78, 5) is 8.45. The number of hydrogen-bond acceptors (Lipinski definition) is 7. The molecule has 1 saturated heterocycles. The maximum atomic E-state index is 10.1. The van der Waals surface area contributed by atoms with Crippen LogP contribution in [0.15, 0.2) is 22.0 Å². The Hall–Kier alpha value is -0.710. The van der Waals surface area contributed by atoms with Crippen LogP contribution in [0.1, 0.15) is 6.23 Å². The zero-order valence-electron chi connectivity index (χ0n) is 11.0. The van der Waals surface area contributed by atoms with Crippen LogP contribution in [0.25, 0.3) is 11.0 Å². The van der Waals surface area contributed by atoms with E-state index in [1.54, 1.807) is 10.8 Å². The summed E-state index contributed by atoms with van der Waals surface area (Å²) in [6.45, 7) is -0.361. The summed E-state index contributed by atoms with van der Waals surface area (Å²) >= 11 is 4.95. The average Bonchev–Trinajstić information content (AvgIpc) is 2.98. The minimum absolute atomic E-state index is 0.361. The highest BCUT2D eigenvalue weighted by molar-refractivity contribution is 9.10. The first-order chi connectivity index (χ1) is 10.1. The summed E-state index contributed by atoms with van der Waals surface area (Å²) < 4.78 is 7.96. The van der Waals surface area contributed by atoms with Gasteiger partial charge >= 0.3 is 0 Å². The summed E-state index contributed by atoms with van der Waals surface area (Å²) in [5.74, 6) is 0. The summed E-state index contributed by atoms with van der Waals surface area (Å²) in [5.41, 5.74) is 0.594. The van der Waals surface area contributed by atoms with Gasteiger partial charge in [0.15, 0.2) is 6.23 Å². The van der Waals surface area contributed by atoms with Gasteiger partial charge in [-0.3, -0.25) is 0 Å². The Balaban J connectivity index is 2.10. The molecule has 0 saturated carbocycles. The maximum absolute atomic E-state index is 10.1. The van der Waals surface area contributed by atoms with Crippen molar-refractivity contribution in [2.45, 2.75) is 29.6 Å². The van der Waals surface area contributed by atoms with Crippen molar-refractivity contribution in [1.82, 2.24) is 14.5 Å². The topological polar surface area (TPSA) is 101 Å². The van der Waals surface area contributed by atoms with Crippen LogP contribution in [-0.4, -0.2) is 61.0 Å². The van der Waals surface area contributed by atoms with Crippen molar-refractivity contribution in [2.75, 3.05) is 12.9 Å². The fourth-order valence-electron chi connectivity index (χ4n) is 2.47. The second-order valence-electron chi connectivity index (χ2n) is 4.69. The van der Waals surface area contributed by atoms with E-state index in [0.717, 1.165) is 14.9 Å². The molecule has 2 aromatic rings. The van der Waals surface area contributed by atoms with Gasteiger partial charge in [0.2, 0.25) is 0 Å². The van der Waals surface area contributed by atoms with E-state index in [0.29, 0.717) is 5.65 Å². The third-order valence-corrected chi connectivity index (χ3v) is 4.81. The quantitative estimate of drug-likeness (QED) is 0.531. The van der Waals surface area contributed by atoms with E-state index < -0.39 is 24.5 Å². The number of aliphatic hydroxyl groups is 3. The predicted octanol–water partition coefficient (Wildman–Crippen LogP) is 0.527. The monoisotopic (exact) mass is 375 g/mol. The van der Waals surface area contributed by atoms with Gasteiger partial charge in [0, 0.05) is 10.7 Å². The number of ether oxygens (including phenoxy) is 1. The number of fused-ring (bicyclic) bond motifs is 1. The van der Waals surface area contributed by atoms with Gasteiger partial charge in [0.05, 0.1) is 12.0 Å². The van der Waals surface area contributed by atoms with Crippen LogP contribution in [0.5, 0.6) is 0 Å². The highest BCUT2D eigenvalue weighted by Gasteiger charge is 2.44. The molecule has 114 valence electrons. The predicted molar refractivity (Wildman–Crippen MR) is 80.0 cm³/mol. The highest BCUT2D eigenvalue weighted by atomic mass is 79.9. The highest BCUT2D eigenvalue weighted by Crippen LogP contribution is 2.37. The van der Waals surface area contributed by atoms with Gasteiger partial charge in [-0.15, -0.1) is 11.8 Å². The number of aromatic nitrogens is 3. The molecule has 0 bridgehead atoms. The average molecular weight is 376 g/mol. The molecule has 0 radical (unpaired) electrons. The number of halogens is 1. The normalized spacial score (nSPS) is 29.4. The smallest absolute Gasteiger partial charge is 0.164 e. The second kappa shape index (κ2) is 5.82. The number of aliphatic hydroxyl groups excluding tert-OH is 3. The molecular weight excluding hydrogens is 362 g/mol. The van der Waals surface area contributed by atoms with Crippen molar-refractivity contribution >= 4 is 38.7 Å². The fraction of sp³-hybridized carbons (Fsp3) is 0.500. The molecule has 0 amide bonds. The van der Waals surface area contributed by atoms with Crippen LogP contribution in [0.3, 0.4) is 0 Å². The molecule has 4 atom stereocenters. The zero-order chi connectivity index (χ0) is 15.1. The van der Waals surface area contributed by atoms with E-state index in [2.05, 4.69) is 25.9 Å². The van der Waals surface area contributed by atoms with Crippen LogP contribution < -0.4 is 0 Å². The van der Waals surface area contributed by atoms with Crippen molar-refractivity contribution < 1.29 is 20.1 Å². The van der Waals surface area contributed by atoms with Crippen LogP contribution in [0.2, 0.25) is 0 Å². The van der Waals surface area contributed by atoms with Crippen LogP contribution in [0, 0.1) is 0 Å². The molecule has 7 nitrogen and oxygen atoms in total. The lowest BCUT2D eigenvalue weighted by molar-refractivity contribution is -0.0509. The molecule has 21 heavy (non-hydrogen) atoms. The summed E-state index contributed by atoms with van der Waals surface area (Å²) in [7, 11) is 0. The minimum Gasteiger partial charge on any atom is -0.394 e. The Bertz CT molecular complexity index is 667. The first kappa shape index (κ1) is 15.2. The molecule has 0 spiro atoms. The SMILES string of the molecule is CSc1ncnc2c1c(Br)cn2[C@@H]1O[C@H](CO)[C@@H](O)[C@H]1O. The standard InChI is InChI=1S/C12H14BrN3O4S/c1-21-11-7-5(13)2-16(10(7)14-4-15-11)12-9(19)8(18)6(3-17)20-12/h2,4,6,8-9,12,17-19H,3H2,1H3/t6-,8-,9-,12-/m1/s1. The molecule has 2 aromatic heterocycles. The van der Waals surface area contributed by atoms with Crippen molar-refractivity contribution in [3.63, 3.8) is 0 Å². The van der Waals surface area contributed by atoms with Crippen molar-refractivity contribution in [3.8, 4) is 0 Å². The van der Waals surface area contributed by atoms with E-state index in [1.165, 1.54) is 18.1 Å². The first-order valence-electron chi connectivity index (χ1n) is 6.26. The van der Waals surface area contributed by atoms with E-state index in [9.17, 15) is 15.3 Å². The van der Waals surface area contributed by atoms with Crippen LogP contribution in [-0.2, 0) is 4.74 Å². The number of thioether (sulfide) groups is 1. The van der Waals surface area contributed by atoms with Crippen molar-refractivity contribution in [3.05, 3.63) is 17.0 Å². The molecule has 9 heteroatoms. The second-order valence-corrected chi connectivity index (χ2v) is 6.34. The van der Waals surface area contributed by atoms with Gasteiger partial charge in [-0.2, -0.15) is 0 Å². The first-order valence-corrected chi connectivity index (χ1v) is 8.27. The van der Waals surface area contributed by atoms with E-state index in [4.69, 9.17) is 4.74 Å². The van der Waals surface area contributed by atoms with Gasteiger partial charge in [-0.1, -0.05) is 0 Å². The lowest BCUT2D eigenvalue weighted by Crippen LogP contribution is -2.33. The fourth-order valence-corrected chi connectivity index (χ4v) is 3.75. The molecule has 1 aliphatic rings. The molecule has 1 aliphatic heterocycles. The molecule has 3 N–H and O–H groups in total. The molecule has 0 aromatic carbocycles. The number of hydrogen-bond donors (Lipinski definition) is 3. The van der Waals surface area contributed by atoms with Gasteiger partial charge in [0.1, 0.15) is 35.3 Å². The summed E-state index contributed by atoms with van der Waals surface area (Å²) in [5, 5.41) is 30.8. The Morgan fingerprint density at radius 2 is 2.14 bits per heavy atom. The summed E-state index contributed by atoms with van der Waals surface area (Å²) in [6, 6.07) is 0. The van der Waals surface area contributed by atoms with Gasteiger partial charge < -0.3 is 24.6 Å². The van der Waals surface area contributed by atoms with Crippen LogP contribution in [0.4, 0.5) is 0 Å². The molecular formula is C12H14BrN3O4S. The third-order valence-electron chi connectivity index (χ3n) is 3.51. The van der Waals surface area contributed by atoms with Crippen molar-refractivity contribution in [2.24, 2.45) is 0 Å². The van der Waals surface area contributed by atoms with Crippen molar-refractivity contribution in [1.29, 1.82) is 0 Å². The lowest BCUT2D eigenvalue weighted by atomic mass is 10.1. The molecule has 3 rings (SSSR count). The molecule has 1 fully saturated rings. The maximum Gasteiger partial charge on any atom is 0.164 e. The van der Waals surface area contributed by atoms with E-state index in [-0.39, 0.29) is 6.61 Å². The van der Waals surface area contributed by atoms with E-state index in [1.807, 2.05) is 6.26 Å². The Morgan fingerprint density at radius 1 is 1.38 bits per heavy atom. The lowest BCUT2D eigenvalue weighted by Gasteiger charge is -2.17. The Labute approximate surface area is 133 Å². The molecule has 3 heterocycles. The molecule has 0 aliphatic carbocycles. The largest absolute Gasteiger partial charge is 0.394 e. The minimum atomic E-state index is -1.14. The Morgan fingerprint density at radius 3 is 2.76 bits per heavy atom. The third kappa shape index (κ3) is 2.37. The van der Waals surface area contributed by atoms with Gasteiger partial charge in [0.25, 0.3) is 0 Å². The number of nitrogens with zero attached hydrogens (tertiary/aromatic N) is 3. The Kier molecular flexibility index (Phi) is 4.21. The van der Waals surface area contributed by atoms with E-state index >= 15 is 0 Å². The zero-order valence-corrected chi connectivity index (χ0v) is 13.5. The van der Waals surface area contributed by atoms with Gasteiger partial charge in [-0.05, 0) is 22.2 Å². The summed E-state index contributed by atoms with van der Waals surface area (Å²) in [6.07, 6.45) is 1.18. The number of rotatable bonds is 3. The van der Waals surface area contributed by atoms with Crippen LogP contribution >= 0.6 is 27.7 Å². The van der Waals surface area contributed by atoms with Gasteiger partial charge in [-0.25, -0.2) is 9.97 Å².